The summed E-state index contributed by atoms with van der Waals surface area (Å²) in [6.45, 7) is 0. The molecule has 0 aliphatic heterocycles. The largest absolute Gasteiger partial charge is 0.419 e. The second-order valence-electron chi connectivity index (χ2n) is 5.78. The molecule has 1 aliphatic rings. The fraction of sp³-hybridized carbons (Fsp3) is 0.222. The Balaban J connectivity index is 2.01. The number of benzene rings is 2. The molecule has 1 N–H and O–H groups in total. The van der Waals surface area contributed by atoms with Crippen molar-refractivity contribution >= 4 is 22.2 Å². The highest BCUT2D eigenvalue weighted by Crippen LogP contribution is 2.41. The topological polar surface area (TPSA) is 37.3 Å². The lowest BCUT2D eigenvalue weighted by Gasteiger charge is -2.12. The van der Waals surface area contributed by atoms with Crippen LogP contribution in [0.3, 0.4) is 0 Å². The van der Waals surface area contributed by atoms with Crippen LogP contribution in [0.2, 0.25) is 0 Å². The highest BCUT2D eigenvalue weighted by Gasteiger charge is 2.34. The summed E-state index contributed by atoms with van der Waals surface area (Å²) in [6.07, 6.45) is -2.53. The van der Waals surface area contributed by atoms with Crippen LogP contribution in [0.25, 0.3) is 11.1 Å². The Labute approximate surface area is 144 Å². The van der Waals surface area contributed by atoms with E-state index in [9.17, 15) is 21.8 Å². The first-order valence-corrected chi connectivity index (χ1v) is 8.68. The van der Waals surface area contributed by atoms with Gasteiger partial charge in [-0.05, 0) is 65.8 Å². The van der Waals surface area contributed by atoms with Crippen LogP contribution >= 0.6 is 0 Å². The van der Waals surface area contributed by atoms with Crippen LogP contribution in [0.5, 0.6) is 0 Å². The number of hydrogen-bond donors (Lipinski definition) is 1. The zero-order valence-electron chi connectivity index (χ0n) is 12.9. The average Bonchev–Trinajstić information content (AvgIpc) is 3.03. The van der Waals surface area contributed by atoms with Crippen molar-refractivity contribution in [3.05, 3.63) is 65.0 Å². The van der Waals surface area contributed by atoms with Crippen molar-refractivity contribution in [1.29, 1.82) is 0 Å². The van der Waals surface area contributed by atoms with Crippen molar-refractivity contribution < 1.29 is 26.3 Å². The van der Waals surface area contributed by atoms with E-state index in [1.54, 1.807) is 12.1 Å². The second-order valence-corrected chi connectivity index (χ2v) is 6.75. The minimum absolute atomic E-state index is 0.268. The summed E-state index contributed by atoms with van der Waals surface area (Å²) >= 11 is -2.07. The first-order valence-electron chi connectivity index (χ1n) is 7.58. The van der Waals surface area contributed by atoms with E-state index < -0.39 is 28.6 Å². The lowest BCUT2D eigenvalue weighted by atomic mass is 9.96. The fourth-order valence-electron chi connectivity index (χ4n) is 3.09. The van der Waals surface area contributed by atoms with Gasteiger partial charge in [0.25, 0.3) is 0 Å². The highest BCUT2D eigenvalue weighted by molar-refractivity contribution is 7.79. The molecule has 0 fully saturated rings. The maximum Gasteiger partial charge on any atom is 0.419 e. The highest BCUT2D eigenvalue weighted by atomic mass is 32.2. The number of alkyl halides is 3. The molecule has 0 heterocycles. The molecular weight excluding hydrogens is 356 g/mol. The minimum Gasteiger partial charge on any atom is -0.302 e. The van der Waals surface area contributed by atoms with Gasteiger partial charge in [0.05, 0.1) is 10.5 Å². The van der Waals surface area contributed by atoms with Gasteiger partial charge in [-0.15, -0.1) is 0 Å². The molecule has 132 valence electrons. The van der Waals surface area contributed by atoms with E-state index in [1.165, 1.54) is 18.2 Å². The van der Waals surface area contributed by atoms with Crippen LogP contribution in [0, 0.1) is 5.82 Å². The Bertz CT molecular complexity index is 854. The van der Waals surface area contributed by atoms with Crippen molar-refractivity contribution in [2.24, 2.45) is 0 Å². The molecule has 2 nitrogen and oxygen atoms in total. The van der Waals surface area contributed by atoms with Crippen LogP contribution in [0.4, 0.5) is 17.6 Å². The Morgan fingerprint density at radius 3 is 2.00 bits per heavy atom. The SMILES string of the molecule is O=S(O)c1ccc(C2=C(c3ccc(C(F)(F)F)c(F)c3)CCC2)cc1. The summed E-state index contributed by atoms with van der Waals surface area (Å²) in [7, 11) is 0. The van der Waals surface area contributed by atoms with Gasteiger partial charge in [-0.2, -0.15) is 13.2 Å². The van der Waals surface area contributed by atoms with E-state index in [2.05, 4.69) is 0 Å². The van der Waals surface area contributed by atoms with Crippen molar-refractivity contribution in [2.75, 3.05) is 0 Å². The van der Waals surface area contributed by atoms with Crippen LogP contribution < -0.4 is 0 Å². The Morgan fingerprint density at radius 2 is 1.48 bits per heavy atom. The lowest BCUT2D eigenvalue weighted by molar-refractivity contribution is -0.140. The fourth-order valence-corrected chi connectivity index (χ4v) is 3.46. The predicted molar refractivity (Wildman–Crippen MR) is 87.5 cm³/mol. The van der Waals surface area contributed by atoms with Crippen LogP contribution in [-0.2, 0) is 17.3 Å². The molecule has 0 saturated carbocycles. The number of halogens is 4. The molecule has 1 unspecified atom stereocenters. The molecule has 25 heavy (non-hydrogen) atoms. The van der Waals surface area contributed by atoms with Gasteiger partial charge in [0.15, 0.2) is 11.1 Å². The molecule has 2 aromatic rings. The second kappa shape index (κ2) is 6.72. The molecular formula is C18H14F4O2S. The van der Waals surface area contributed by atoms with Gasteiger partial charge in [0, 0.05) is 0 Å². The quantitative estimate of drug-likeness (QED) is 0.571. The third kappa shape index (κ3) is 3.67. The predicted octanol–water partition coefficient (Wildman–Crippen LogP) is 5.52. The first kappa shape index (κ1) is 17.8. The molecule has 7 heteroatoms. The van der Waals surface area contributed by atoms with Crippen LogP contribution in [0.15, 0.2) is 47.4 Å². The molecule has 3 rings (SSSR count). The zero-order valence-corrected chi connectivity index (χ0v) is 13.8. The van der Waals surface area contributed by atoms with Crippen LogP contribution in [-0.4, -0.2) is 8.76 Å². The standard InChI is InChI=1S/C18H14F4O2S/c19-17-10-12(6-9-16(17)18(20,21)22)15-3-1-2-14(15)11-4-7-13(8-5-11)25(23)24/h4-10H,1-3H2,(H,23,24). The number of rotatable bonds is 3. The average molecular weight is 370 g/mol. The van der Waals surface area contributed by atoms with E-state index in [0.29, 0.717) is 12.0 Å². The molecule has 0 aromatic heterocycles. The maximum absolute atomic E-state index is 13.9. The van der Waals surface area contributed by atoms with E-state index in [-0.39, 0.29) is 4.90 Å². The molecule has 0 amide bonds. The lowest BCUT2D eigenvalue weighted by Crippen LogP contribution is -2.08. The van der Waals surface area contributed by atoms with Gasteiger partial charge < -0.3 is 4.55 Å². The van der Waals surface area contributed by atoms with E-state index >= 15 is 0 Å². The van der Waals surface area contributed by atoms with Gasteiger partial charge in [-0.3, -0.25) is 0 Å². The molecule has 2 aromatic carbocycles. The Hall–Kier alpha value is -1.99. The molecule has 0 radical (unpaired) electrons. The molecule has 1 aliphatic carbocycles. The summed E-state index contributed by atoms with van der Waals surface area (Å²) < 4.78 is 72.1. The third-order valence-corrected chi connectivity index (χ3v) is 4.92. The Kier molecular flexibility index (Phi) is 4.79. The summed E-state index contributed by atoms with van der Waals surface area (Å²) in [4.78, 5) is 0.268. The summed E-state index contributed by atoms with van der Waals surface area (Å²) in [6, 6.07) is 9.45. The van der Waals surface area contributed by atoms with E-state index in [0.717, 1.165) is 41.7 Å². The first-order chi connectivity index (χ1) is 11.8. The van der Waals surface area contributed by atoms with Crippen molar-refractivity contribution in [3.63, 3.8) is 0 Å². The molecule has 0 saturated heterocycles. The normalized spacial score (nSPS) is 16.4. The van der Waals surface area contributed by atoms with Crippen molar-refractivity contribution in [1.82, 2.24) is 0 Å². The Morgan fingerprint density at radius 1 is 0.920 bits per heavy atom. The van der Waals surface area contributed by atoms with Crippen LogP contribution in [0.1, 0.15) is 36.0 Å². The van der Waals surface area contributed by atoms with Gasteiger partial charge in [0.2, 0.25) is 0 Å². The minimum atomic E-state index is -4.72. The number of allylic oxidation sites excluding steroid dienone is 2. The monoisotopic (exact) mass is 370 g/mol. The molecule has 1 atom stereocenters. The molecule has 0 bridgehead atoms. The van der Waals surface area contributed by atoms with E-state index in [1.807, 2.05) is 0 Å². The smallest absolute Gasteiger partial charge is 0.302 e. The zero-order chi connectivity index (χ0) is 18.2. The number of hydrogen-bond acceptors (Lipinski definition) is 1. The van der Waals surface area contributed by atoms with Crippen molar-refractivity contribution in [3.8, 4) is 0 Å². The maximum atomic E-state index is 13.9. The third-order valence-electron chi connectivity index (χ3n) is 4.25. The van der Waals surface area contributed by atoms with E-state index in [4.69, 9.17) is 4.55 Å². The van der Waals surface area contributed by atoms with Gasteiger partial charge >= 0.3 is 6.18 Å². The van der Waals surface area contributed by atoms with Gasteiger partial charge in [0.1, 0.15) is 5.82 Å². The molecule has 0 spiro atoms. The summed E-state index contributed by atoms with van der Waals surface area (Å²) in [5.41, 5.74) is 1.72. The summed E-state index contributed by atoms with van der Waals surface area (Å²) in [5, 5.41) is 0. The van der Waals surface area contributed by atoms with Crippen molar-refractivity contribution in [2.45, 2.75) is 30.3 Å². The summed E-state index contributed by atoms with van der Waals surface area (Å²) in [5.74, 6) is -1.28. The van der Waals surface area contributed by atoms with Gasteiger partial charge in [-0.1, -0.05) is 18.2 Å². The van der Waals surface area contributed by atoms with Gasteiger partial charge in [-0.25, -0.2) is 8.60 Å².